The quantitative estimate of drug-likeness (QED) is 0.757. The van der Waals surface area contributed by atoms with Crippen LogP contribution in [0.2, 0.25) is 0 Å². The second kappa shape index (κ2) is 6.68. The molecule has 0 aliphatic carbocycles. The first kappa shape index (κ1) is 13.2. The van der Waals surface area contributed by atoms with Crippen LogP contribution in [0.3, 0.4) is 0 Å². The standard InChI is InChI=1S/C12H22N2O2/c1-13(2)7-4-8-14(3)9-11-5-6-12(10-15)16-11/h5-6,15H,4,7-10H2,1-3H3. The Balaban J connectivity index is 2.25. The molecule has 0 saturated heterocycles. The van der Waals surface area contributed by atoms with Gasteiger partial charge in [-0.25, -0.2) is 0 Å². The molecule has 92 valence electrons. The van der Waals surface area contributed by atoms with Gasteiger partial charge < -0.3 is 14.4 Å². The maximum Gasteiger partial charge on any atom is 0.129 e. The minimum Gasteiger partial charge on any atom is -0.462 e. The zero-order valence-electron chi connectivity index (χ0n) is 10.4. The van der Waals surface area contributed by atoms with Crippen LogP contribution in [0.5, 0.6) is 0 Å². The molecule has 16 heavy (non-hydrogen) atoms. The topological polar surface area (TPSA) is 39.9 Å². The molecule has 0 atom stereocenters. The maximum absolute atomic E-state index is 8.87. The van der Waals surface area contributed by atoms with Gasteiger partial charge in [-0.15, -0.1) is 0 Å². The highest BCUT2D eigenvalue weighted by Gasteiger charge is 2.05. The smallest absolute Gasteiger partial charge is 0.129 e. The molecule has 1 heterocycles. The van der Waals surface area contributed by atoms with Gasteiger partial charge in [0, 0.05) is 0 Å². The van der Waals surface area contributed by atoms with Gasteiger partial charge in [-0.1, -0.05) is 0 Å². The number of furan rings is 1. The minimum absolute atomic E-state index is 0.0235. The molecule has 1 aromatic rings. The maximum atomic E-state index is 8.87. The van der Waals surface area contributed by atoms with Crippen molar-refractivity contribution in [3.63, 3.8) is 0 Å². The summed E-state index contributed by atoms with van der Waals surface area (Å²) in [6.45, 7) is 2.93. The average Bonchev–Trinajstić information content (AvgIpc) is 2.65. The van der Waals surface area contributed by atoms with Crippen LogP contribution in [0.25, 0.3) is 0 Å². The Morgan fingerprint density at radius 1 is 1.12 bits per heavy atom. The first-order chi connectivity index (χ1) is 7.61. The van der Waals surface area contributed by atoms with Crippen molar-refractivity contribution in [2.75, 3.05) is 34.2 Å². The fourth-order valence-corrected chi connectivity index (χ4v) is 1.59. The first-order valence-electron chi connectivity index (χ1n) is 5.63. The van der Waals surface area contributed by atoms with Gasteiger partial charge in [0.1, 0.15) is 18.1 Å². The normalized spacial score (nSPS) is 11.6. The van der Waals surface area contributed by atoms with Crippen molar-refractivity contribution >= 4 is 0 Å². The molecule has 0 amide bonds. The molecular formula is C12H22N2O2. The Bertz CT molecular complexity index is 297. The predicted molar refractivity (Wildman–Crippen MR) is 64.1 cm³/mol. The Labute approximate surface area is 97.5 Å². The van der Waals surface area contributed by atoms with Crippen LogP contribution in [0, 0.1) is 0 Å². The second-order valence-electron chi connectivity index (χ2n) is 4.42. The fourth-order valence-electron chi connectivity index (χ4n) is 1.59. The third-order valence-electron chi connectivity index (χ3n) is 2.44. The summed E-state index contributed by atoms with van der Waals surface area (Å²) in [4.78, 5) is 4.41. The van der Waals surface area contributed by atoms with Crippen LogP contribution in [-0.4, -0.2) is 49.1 Å². The van der Waals surface area contributed by atoms with E-state index in [1.165, 1.54) is 0 Å². The third-order valence-corrected chi connectivity index (χ3v) is 2.44. The monoisotopic (exact) mass is 226 g/mol. The molecule has 0 aliphatic heterocycles. The van der Waals surface area contributed by atoms with Crippen molar-refractivity contribution in [2.45, 2.75) is 19.6 Å². The van der Waals surface area contributed by atoms with Gasteiger partial charge in [-0.05, 0) is 52.8 Å². The summed E-state index contributed by atoms with van der Waals surface area (Å²) in [7, 11) is 6.25. The van der Waals surface area contributed by atoms with Gasteiger partial charge in [0.25, 0.3) is 0 Å². The lowest BCUT2D eigenvalue weighted by molar-refractivity contribution is 0.230. The van der Waals surface area contributed by atoms with Crippen LogP contribution >= 0.6 is 0 Å². The summed E-state index contributed by atoms with van der Waals surface area (Å²) in [5.74, 6) is 1.55. The lowest BCUT2D eigenvalue weighted by Crippen LogP contribution is -2.23. The highest BCUT2D eigenvalue weighted by Crippen LogP contribution is 2.09. The Morgan fingerprint density at radius 3 is 2.38 bits per heavy atom. The predicted octanol–water partition coefficient (Wildman–Crippen LogP) is 1.16. The number of hydrogen-bond donors (Lipinski definition) is 1. The summed E-state index contributed by atoms with van der Waals surface area (Å²) in [5, 5.41) is 8.87. The van der Waals surface area contributed by atoms with E-state index in [4.69, 9.17) is 9.52 Å². The molecule has 0 radical (unpaired) electrons. The Hall–Kier alpha value is -0.840. The molecule has 1 N–H and O–H groups in total. The largest absolute Gasteiger partial charge is 0.462 e. The summed E-state index contributed by atoms with van der Waals surface area (Å²) in [6, 6.07) is 3.75. The van der Waals surface area contributed by atoms with Gasteiger partial charge in [-0.2, -0.15) is 0 Å². The summed E-state index contributed by atoms with van der Waals surface area (Å²) in [6.07, 6.45) is 1.15. The van der Waals surface area contributed by atoms with E-state index in [1.807, 2.05) is 12.1 Å². The molecule has 4 heteroatoms. The lowest BCUT2D eigenvalue weighted by Gasteiger charge is -2.16. The number of rotatable bonds is 7. The summed E-state index contributed by atoms with van der Waals surface area (Å²) >= 11 is 0. The Kier molecular flexibility index (Phi) is 5.52. The number of hydrogen-bond acceptors (Lipinski definition) is 4. The van der Waals surface area contributed by atoms with Gasteiger partial charge in [0.05, 0.1) is 6.54 Å². The fraction of sp³-hybridized carbons (Fsp3) is 0.667. The first-order valence-corrected chi connectivity index (χ1v) is 5.63. The van der Waals surface area contributed by atoms with Crippen molar-refractivity contribution in [1.29, 1.82) is 0 Å². The molecule has 0 fully saturated rings. The highest BCUT2D eigenvalue weighted by molar-refractivity contribution is 5.06. The molecule has 0 saturated carbocycles. The highest BCUT2D eigenvalue weighted by atomic mass is 16.4. The lowest BCUT2D eigenvalue weighted by atomic mass is 10.3. The molecule has 0 aliphatic rings. The summed E-state index contributed by atoms with van der Waals surface area (Å²) in [5.41, 5.74) is 0. The zero-order valence-corrected chi connectivity index (χ0v) is 10.4. The van der Waals surface area contributed by atoms with Crippen LogP contribution in [0.4, 0.5) is 0 Å². The van der Waals surface area contributed by atoms with Crippen LogP contribution in [0.1, 0.15) is 17.9 Å². The van der Waals surface area contributed by atoms with Crippen LogP contribution < -0.4 is 0 Å². The van der Waals surface area contributed by atoms with Gasteiger partial charge in [0.2, 0.25) is 0 Å². The van der Waals surface area contributed by atoms with E-state index in [0.29, 0.717) is 5.76 Å². The Morgan fingerprint density at radius 2 is 1.81 bits per heavy atom. The molecule has 0 unspecified atom stereocenters. The number of nitrogens with zero attached hydrogens (tertiary/aromatic N) is 2. The third kappa shape index (κ3) is 4.79. The molecule has 0 bridgehead atoms. The average molecular weight is 226 g/mol. The van der Waals surface area contributed by atoms with Crippen molar-refractivity contribution < 1.29 is 9.52 Å². The molecule has 0 spiro atoms. The SMILES string of the molecule is CN(C)CCCN(C)Cc1ccc(CO)o1. The van der Waals surface area contributed by atoms with Gasteiger partial charge in [-0.3, -0.25) is 4.90 Å². The van der Waals surface area contributed by atoms with E-state index in [9.17, 15) is 0 Å². The molecule has 1 aromatic heterocycles. The van der Waals surface area contributed by atoms with Crippen molar-refractivity contribution in [3.8, 4) is 0 Å². The molecule has 0 aromatic carbocycles. The van der Waals surface area contributed by atoms with Gasteiger partial charge in [0.15, 0.2) is 0 Å². The molecule has 4 nitrogen and oxygen atoms in total. The zero-order chi connectivity index (χ0) is 12.0. The second-order valence-corrected chi connectivity index (χ2v) is 4.42. The van der Waals surface area contributed by atoms with E-state index in [1.54, 1.807) is 0 Å². The van der Waals surface area contributed by atoms with E-state index < -0.39 is 0 Å². The number of aliphatic hydroxyl groups is 1. The van der Waals surface area contributed by atoms with Crippen LogP contribution in [0.15, 0.2) is 16.5 Å². The van der Waals surface area contributed by atoms with E-state index in [0.717, 1.165) is 31.8 Å². The molecular weight excluding hydrogens is 204 g/mol. The minimum atomic E-state index is -0.0235. The summed E-state index contributed by atoms with van der Waals surface area (Å²) < 4.78 is 5.43. The van der Waals surface area contributed by atoms with Crippen molar-refractivity contribution in [3.05, 3.63) is 23.7 Å². The number of aliphatic hydroxyl groups excluding tert-OH is 1. The van der Waals surface area contributed by atoms with E-state index in [2.05, 4.69) is 30.9 Å². The van der Waals surface area contributed by atoms with Crippen molar-refractivity contribution in [2.24, 2.45) is 0 Å². The van der Waals surface area contributed by atoms with E-state index in [-0.39, 0.29) is 6.61 Å². The van der Waals surface area contributed by atoms with E-state index >= 15 is 0 Å². The molecule has 1 rings (SSSR count). The van der Waals surface area contributed by atoms with Crippen LogP contribution in [-0.2, 0) is 13.2 Å². The van der Waals surface area contributed by atoms with Gasteiger partial charge >= 0.3 is 0 Å². The van der Waals surface area contributed by atoms with Crippen molar-refractivity contribution in [1.82, 2.24) is 9.80 Å².